The van der Waals surface area contributed by atoms with E-state index in [1.54, 1.807) is 0 Å². The molecule has 5 heteroatoms. The molecular formula is C15H14ClN3O. The Morgan fingerprint density at radius 3 is 2.70 bits per heavy atom. The van der Waals surface area contributed by atoms with Gasteiger partial charge in [-0.2, -0.15) is 0 Å². The molecule has 0 bridgehead atoms. The van der Waals surface area contributed by atoms with Crippen LogP contribution in [-0.4, -0.2) is 27.6 Å². The Morgan fingerprint density at radius 1 is 1.15 bits per heavy atom. The number of halogens is 1. The number of aliphatic hydroxyl groups excluding tert-OH is 1. The fourth-order valence-electron chi connectivity index (χ4n) is 2.13. The quantitative estimate of drug-likeness (QED) is 0.775. The van der Waals surface area contributed by atoms with Gasteiger partial charge in [0, 0.05) is 24.0 Å². The molecule has 0 unspecified atom stereocenters. The van der Waals surface area contributed by atoms with Crippen molar-refractivity contribution in [3.63, 3.8) is 0 Å². The number of aliphatic hydroxyl groups is 1. The van der Waals surface area contributed by atoms with Gasteiger partial charge in [0.25, 0.3) is 0 Å². The number of anilines is 1. The van der Waals surface area contributed by atoms with Crippen LogP contribution in [0.4, 0.5) is 5.69 Å². The molecule has 2 heterocycles. The molecule has 0 aliphatic carbocycles. The first-order valence-corrected chi connectivity index (χ1v) is 6.73. The van der Waals surface area contributed by atoms with Crippen molar-refractivity contribution in [1.82, 2.24) is 9.38 Å². The van der Waals surface area contributed by atoms with Crippen molar-refractivity contribution in [2.75, 3.05) is 18.5 Å². The highest BCUT2D eigenvalue weighted by molar-refractivity contribution is 6.30. The molecule has 0 atom stereocenters. The van der Waals surface area contributed by atoms with Crippen molar-refractivity contribution in [2.45, 2.75) is 0 Å². The van der Waals surface area contributed by atoms with Gasteiger partial charge >= 0.3 is 0 Å². The number of aromatic nitrogens is 2. The molecule has 1 aromatic carbocycles. The highest BCUT2D eigenvalue weighted by Gasteiger charge is 2.06. The molecule has 0 aliphatic rings. The van der Waals surface area contributed by atoms with E-state index in [1.165, 1.54) is 0 Å². The van der Waals surface area contributed by atoms with Crippen LogP contribution in [0.5, 0.6) is 0 Å². The lowest BCUT2D eigenvalue weighted by Crippen LogP contribution is -2.04. The van der Waals surface area contributed by atoms with E-state index >= 15 is 0 Å². The summed E-state index contributed by atoms with van der Waals surface area (Å²) in [5.74, 6) is 0. The minimum absolute atomic E-state index is 0.119. The lowest BCUT2D eigenvalue weighted by atomic mass is 10.1. The van der Waals surface area contributed by atoms with Crippen LogP contribution in [0.2, 0.25) is 5.02 Å². The third-order valence-electron chi connectivity index (χ3n) is 3.09. The first-order chi connectivity index (χ1) is 9.78. The zero-order chi connectivity index (χ0) is 13.9. The van der Waals surface area contributed by atoms with Crippen molar-refractivity contribution >= 4 is 22.9 Å². The van der Waals surface area contributed by atoms with E-state index in [-0.39, 0.29) is 6.61 Å². The molecule has 3 aromatic rings. The molecule has 102 valence electrons. The fourth-order valence-corrected chi connectivity index (χ4v) is 2.29. The van der Waals surface area contributed by atoms with Gasteiger partial charge in [0.05, 0.1) is 23.5 Å². The van der Waals surface area contributed by atoms with E-state index in [2.05, 4.69) is 10.3 Å². The van der Waals surface area contributed by atoms with Gasteiger partial charge in [-0.15, -0.1) is 0 Å². The topological polar surface area (TPSA) is 49.6 Å². The number of nitrogens with one attached hydrogen (secondary N) is 1. The number of benzene rings is 1. The van der Waals surface area contributed by atoms with Crippen molar-refractivity contribution in [3.8, 4) is 11.3 Å². The van der Waals surface area contributed by atoms with Crippen LogP contribution in [0.25, 0.3) is 16.9 Å². The average molecular weight is 288 g/mol. The van der Waals surface area contributed by atoms with Gasteiger partial charge in [0.15, 0.2) is 0 Å². The zero-order valence-electron chi connectivity index (χ0n) is 10.8. The Balaban J connectivity index is 1.96. The summed E-state index contributed by atoms with van der Waals surface area (Å²) < 4.78 is 1.97. The maximum atomic E-state index is 8.79. The smallest absolute Gasteiger partial charge is 0.137 e. The Hall–Kier alpha value is -2.04. The van der Waals surface area contributed by atoms with E-state index in [0.29, 0.717) is 11.6 Å². The minimum Gasteiger partial charge on any atom is -0.395 e. The van der Waals surface area contributed by atoms with E-state index < -0.39 is 0 Å². The van der Waals surface area contributed by atoms with E-state index in [9.17, 15) is 0 Å². The van der Waals surface area contributed by atoms with Crippen LogP contribution in [-0.2, 0) is 0 Å². The summed E-state index contributed by atoms with van der Waals surface area (Å²) in [7, 11) is 0. The summed E-state index contributed by atoms with van der Waals surface area (Å²) in [5.41, 5.74) is 3.91. The fraction of sp³-hybridized carbons (Fsp3) is 0.133. The van der Waals surface area contributed by atoms with E-state index in [0.717, 1.165) is 22.6 Å². The van der Waals surface area contributed by atoms with Crippen LogP contribution in [0.3, 0.4) is 0 Å². The zero-order valence-corrected chi connectivity index (χ0v) is 11.5. The number of fused-ring (bicyclic) bond motifs is 1. The maximum absolute atomic E-state index is 8.79. The summed E-state index contributed by atoms with van der Waals surface area (Å²) >= 11 is 6.04. The Bertz CT molecular complexity index is 722. The van der Waals surface area contributed by atoms with Crippen LogP contribution < -0.4 is 5.32 Å². The number of rotatable bonds is 4. The van der Waals surface area contributed by atoms with Crippen LogP contribution in [0.15, 0.2) is 48.8 Å². The third-order valence-corrected chi connectivity index (χ3v) is 3.31. The molecule has 20 heavy (non-hydrogen) atoms. The monoisotopic (exact) mass is 287 g/mol. The average Bonchev–Trinajstić information content (AvgIpc) is 2.88. The van der Waals surface area contributed by atoms with Crippen molar-refractivity contribution < 1.29 is 5.11 Å². The predicted molar refractivity (Wildman–Crippen MR) is 81.2 cm³/mol. The molecular weight excluding hydrogens is 274 g/mol. The third kappa shape index (κ3) is 2.48. The highest BCUT2D eigenvalue weighted by Crippen LogP contribution is 2.23. The Kier molecular flexibility index (Phi) is 3.58. The lowest BCUT2D eigenvalue weighted by Gasteiger charge is -2.06. The largest absolute Gasteiger partial charge is 0.395 e. The standard InChI is InChI=1S/C15H14ClN3O/c16-12-3-6-15-18-9-14(19(15)10-12)11-1-4-13(5-2-11)17-7-8-20/h1-6,9-10,17,20H,7-8H2. The van der Waals surface area contributed by atoms with Crippen molar-refractivity contribution in [1.29, 1.82) is 0 Å². The second kappa shape index (κ2) is 5.53. The number of imidazole rings is 1. The summed E-state index contributed by atoms with van der Waals surface area (Å²) in [4.78, 5) is 4.36. The Labute approximate surface area is 121 Å². The van der Waals surface area contributed by atoms with Gasteiger partial charge in [-0.25, -0.2) is 4.98 Å². The van der Waals surface area contributed by atoms with Crippen molar-refractivity contribution in [3.05, 3.63) is 53.8 Å². The minimum atomic E-state index is 0.119. The molecule has 0 spiro atoms. The number of pyridine rings is 1. The summed E-state index contributed by atoms with van der Waals surface area (Å²) in [6.45, 7) is 0.665. The highest BCUT2D eigenvalue weighted by atomic mass is 35.5. The molecule has 0 radical (unpaired) electrons. The van der Waals surface area contributed by atoms with Crippen LogP contribution in [0, 0.1) is 0 Å². The van der Waals surface area contributed by atoms with Gasteiger partial charge in [0.1, 0.15) is 5.65 Å². The first kappa shape index (κ1) is 13.0. The molecule has 0 fully saturated rings. The number of hydrogen-bond donors (Lipinski definition) is 2. The van der Waals surface area contributed by atoms with Crippen molar-refractivity contribution in [2.24, 2.45) is 0 Å². The molecule has 2 N–H and O–H groups in total. The lowest BCUT2D eigenvalue weighted by molar-refractivity contribution is 0.311. The molecule has 0 saturated heterocycles. The van der Waals surface area contributed by atoms with Gasteiger partial charge in [-0.05, 0) is 24.3 Å². The van der Waals surface area contributed by atoms with E-state index in [1.807, 2.05) is 53.2 Å². The van der Waals surface area contributed by atoms with E-state index in [4.69, 9.17) is 16.7 Å². The molecule has 2 aromatic heterocycles. The molecule has 0 amide bonds. The van der Waals surface area contributed by atoms with Gasteiger partial charge in [0.2, 0.25) is 0 Å². The molecule has 0 saturated carbocycles. The SMILES string of the molecule is OCCNc1ccc(-c2cnc3ccc(Cl)cn23)cc1. The number of hydrogen-bond acceptors (Lipinski definition) is 3. The van der Waals surface area contributed by atoms with Gasteiger partial charge in [-0.3, -0.25) is 4.40 Å². The van der Waals surface area contributed by atoms with Crippen LogP contribution in [0.1, 0.15) is 0 Å². The molecule has 3 rings (SSSR count). The molecule has 0 aliphatic heterocycles. The summed E-state index contributed by atoms with van der Waals surface area (Å²) in [5, 5.41) is 12.6. The predicted octanol–water partition coefficient (Wildman–Crippen LogP) is 3.06. The van der Waals surface area contributed by atoms with Gasteiger partial charge < -0.3 is 10.4 Å². The summed E-state index contributed by atoms with van der Waals surface area (Å²) in [6, 6.07) is 11.7. The number of nitrogens with zero attached hydrogens (tertiary/aromatic N) is 2. The first-order valence-electron chi connectivity index (χ1n) is 6.36. The van der Waals surface area contributed by atoms with Crippen LogP contribution >= 0.6 is 11.6 Å². The normalized spacial score (nSPS) is 10.9. The maximum Gasteiger partial charge on any atom is 0.137 e. The second-order valence-corrected chi connectivity index (χ2v) is 4.88. The summed E-state index contributed by atoms with van der Waals surface area (Å²) in [6.07, 6.45) is 3.69. The molecule has 4 nitrogen and oxygen atoms in total. The van der Waals surface area contributed by atoms with Gasteiger partial charge in [-0.1, -0.05) is 23.7 Å². The second-order valence-electron chi connectivity index (χ2n) is 4.45. The Morgan fingerprint density at radius 2 is 1.95 bits per heavy atom.